The summed E-state index contributed by atoms with van der Waals surface area (Å²) < 4.78 is 16.4. The molecule has 0 aliphatic carbocycles. The molecule has 0 N–H and O–H groups in total. The molecule has 1 fully saturated rings. The largest absolute Gasteiger partial charge is 0.472 e. The molecule has 2 aliphatic heterocycles. The molecule has 148 valence electrons. The van der Waals surface area contributed by atoms with Crippen LogP contribution in [0, 0.1) is 17.2 Å². The number of allylic oxidation sites excluding steroid dienone is 4. The van der Waals surface area contributed by atoms with Gasteiger partial charge in [-0.25, -0.2) is 0 Å². The number of carbonyl (C=O) groups is 1. The number of rotatable bonds is 8. The molecule has 3 rings (SSSR count). The van der Waals surface area contributed by atoms with Crippen molar-refractivity contribution in [3.8, 4) is 6.07 Å². The maximum absolute atomic E-state index is 12.5. The van der Waals surface area contributed by atoms with Crippen LogP contribution >= 0.6 is 11.8 Å². The SMILES string of the molecule is C=C(CC(=O)C1CC=C(C#N)O1)S/C(CC1CCOCC1)=C(\C)c1ccco1. The van der Waals surface area contributed by atoms with Crippen molar-refractivity contribution in [2.45, 2.75) is 45.1 Å². The Morgan fingerprint density at radius 3 is 2.82 bits per heavy atom. The zero-order chi connectivity index (χ0) is 19.9. The quantitative estimate of drug-likeness (QED) is 0.596. The van der Waals surface area contributed by atoms with E-state index in [2.05, 4.69) is 13.5 Å². The third kappa shape index (κ3) is 5.40. The molecule has 1 unspecified atom stereocenters. The lowest BCUT2D eigenvalue weighted by atomic mass is 9.95. The molecule has 6 heteroatoms. The highest BCUT2D eigenvalue weighted by atomic mass is 32.2. The average Bonchev–Trinajstić information content (AvgIpc) is 3.39. The lowest BCUT2D eigenvalue weighted by Gasteiger charge is -2.24. The van der Waals surface area contributed by atoms with Crippen LogP contribution in [0.4, 0.5) is 0 Å². The number of hydrogen-bond acceptors (Lipinski definition) is 6. The lowest BCUT2D eigenvalue weighted by Crippen LogP contribution is -2.20. The summed E-state index contributed by atoms with van der Waals surface area (Å²) in [7, 11) is 0. The van der Waals surface area contributed by atoms with Gasteiger partial charge >= 0.3 is 0 Å². The lowest BCUT2D eigenvalue weighted by molar-refractivity contribution is -0.126. The van der Waals surface area contributed by atoms with E-state index in [0.29, 0.717) is 12.3 Å². The molecule has 28 heavy (non-hydrogen) atoms. The fourth-order valence-corrected chi connectivity index (χ4v) is 4.50. The zero-order valence-corrected chi connectivity index (χ0v) is 16.9. The highest BCUT2D eigenvalue weighted by molar-refractivity contribution is 8.06. The van der Waals surface area contributed by atoms with Gasteiger partial charge in [-0.05, 0) is 60.1 Å². The first-order valence-corrected chi connectivity index (χ1v) is 10.3. The molecule has 5 nitrogen and oxygen atoms in total. The van der Waals surface area contributed by atoms with E-state index in [1.54, 1.807) is 24.1 Å². The minimum absolute atomic E-state index is 0.0416. The summed E-state index contributed by atoms with van der Waals surface area (Å²) in [5, 5.41) is 8.87. The fraction of sp³-hybridized carbons (Fsp3) is 0.455. The van der Waals surface area contributed by atoms with Crippen molar-refractivity contribution >= 4 is 23.1 Å². The van der Waals surface area contributed by atoms with Crippen LogP contribution in [-0.4, -0.2) is 25.1 Å². The monoisotopic (exact) mass is 399 g/mol. The van der Waals surface area contributed by atoms with Gasteiger partial charge in [-0.3, -0.25) is 4.79 Å². The second kappa shape index (κ2) is 9.81. The minimum atomic E-state index is -0.568. The van der Waals surface area contributed by atoms with Crippen LogP contribution in [0.25, 0.3) is 5.57 Å². The van der Waals surface area contributed by atoms with Gasteiger partial charge < -0.3 is 13.9 Å². The van der Waals surface area contributed by atoms with Crippen LogP contribution in [0.5, 0.6) is 0 Å². The maximum Gasteiger partial charge on any atom is 0.193 e. The van der Waals surface area contributed by atoms with Crippen LogP contribution in [-0.2, 0) is 14.3 Å². The van der Waals surface area contributed by atoms with Crippen molar-refractivity contribution < 1.29 is 18.7 Å². The average molecular weight is 400 g/mol. The van der Waals surface area contributed by atoms with Gasteiger partial charge in [0.15, 0.2) is 17.6 Å². The first kappa shape index (κ1) is 20.5. The Balaban J connectivity index is 1.65. The molecule has 0 radical (unpaired) electrons. The summed E-state index contributed by atoms with van der Waals surface area (Å²) in [5.41, 5.74) is 1.08. The summed E-state index contributed by atoms with van der Waals surface area (Å²) in [6.07, 6.45) is 6.45. The fourth-order valence-electron chi connectivity index (χ4n) is 3.36. The first-order chi connectivity index (χ1) is 13.6. The molecule has 0 amide bonds. The van der Waals surface area contributed by atoms with Gasteiger partial charge in [0.25, 0.3) is 0 Å². The number of ketones is 1. The number of furan rings is 1. The van der Waals surface area contributed by atoms with E-state index in [9.17, 15) is 4.79 Å². The molecule has 0 bridgehead atoms. The van der Waals surface area contributed by atoms with Crippen LogP contribution in [0.15, 0.2) is 51.0 Å². The van der Waals surface area contributed by atoms with Crippen molar-refractivity contribution in [3.63, 3.8) is 0 Å². The van der Waals surface area contributed by atoms with E-state index >= 15 is 0 Å². The highest BCUT2D eigenvalue weighted by Crippen LogP contribution is 2.39. The third-order valence-electron chi connectivity index (χ3n) is 5.02. The molecule has 1 aromatic heterocycles. The minimum Gasteiger partial charge on any atom is -0.472 e. The van der Waals surface area contributed by atoms with Crippen molar-refractivity contribution in [1.29, 1.82) is 5.26 Å². The Kier molecular flexibility index (Phi) is 7.18. The Morgan fingerprint density at radius 1 is 1.39 bits per heavy atom. The summed E-state index contributed by atoms with van der Waals surface area (Å²) >= 11 is 1.56. The third-order valence-corrected chi connectivity index (χ3v) is 6.17. The molecule has 1 atom stereocenters. The molecule has 1 aromatic rings. The summed E-state index contributed by atoms with van der Waals surface area (Å²) in [5.74, 6) is 1.59. The van der Waals surface area contributed by atoms with Crippen molar-refractivity contribution in [1.82, 2.24) is 0 Å². The Labute approximate surface area is 170 Å². The number of hydrogen-bond donors (Lipinski definition) is 0. The number of Topliss-reactive ketones (excluding diaryl/α,β-unsaturated/α-hetero) is 1. The Hall–Kier alpha value is -2.23. The molecule has 0 saturated carbocycles. The zero-order valence-electron chi connectivity index (χ0n) is 16.1. The van der Waals surface area contributed by atoms with Gasteiger partial charge in [0, 0.05) is 31.6 Å². The van der Waals surface area contributed by atoms with Gasteiger partial charge in [0.05, 0.1) is 6.26 Å². The summed E-state index contributed by atoms with van der Waals surface area (Å²) in [6, 6.07) is 5.77. The van der Waals surface area contributed by atoms with Gasteiger partial charge in [-0.15, -0.1) is 0 Å². The number of nitrogens with zero attached hydrogens (tertiary/aromatic N) is 1. The number of nitriles is 1. The molecular weight excluding hydrogens is 374 g/mol. The topological polar surface area (TPSA) is 72.5 Å². The number of ether oxygens (including phenoxy) is 2. The van der Waals surface area contributed by atoms with Crippen molar-refractivity contribution in [2.75, 3.05) is 13.2 Å². The van der Waals surface area contributed by atoms with Crippen LogP contribution in [0.2, 0.25) is 0 Å². The van der Waals surface area contributed by atoms with Crippen molar-refractivity contribution in [3.05, 3.63) is 52.4 Å². The van der Waals surface area contributed by atoms with Gasteiger partial charge in [-0.2, -0.15) is 5.26 Å². The smallest absolute Gasteiger partial charge is 0.193 e. The van der Waals surface area contributed by atoms with Gasteiger partial charge in [0.1, 0.15) is 11.8 Å². The molecular formula is C22H25NO4S. The van der Waals surface area contributed by atoms with Crippen LogP contribution in [0.1, 0.15) is 44.8 Å². The second-order valence-corrected chi connectivity index (χ2v) is 8.37. The normalized spacial score (nSPS) is 20.7. The number of carbonyl (C=O) groups excluding carboxylic acids is 1. The molecule has 0 spiro atoms. The Bertz CT molecular complexity index is 810. The van der Waals surface area contributed by atoms with E-state index in [4.69, 9.17) is 19.2 Å². The van der Waals surface area contributed by atoms with Crippen molar-refractivity contribution in [2.24, 2.45) is 5.92 Å². The molecule has 0 aromatic carbocycles. The van der Waals surface area contributed by atoms with E-state index in [0.717, 1.165) is 48.7 Å². The van der Waals surface area contributed by atoms with Gasteiger partial charge in [0.2, 0.25) is 0 Å². The number of thioether (sulfide) groups is 1. The summed E-state index contributed by atoms with van der Waals surface area (Å²) in [6.45, 7) is 7.77. The molecule has 3 heterocycles. The molecule has 2 aliphatic rings. The first-order valence-electron chi connectivity index (χ1n) is 9.53. The second-order valence-electron chi connectivity index (χ2n) is 7.09. The van der Waals surface area contributed by atoms with E-state index in [1.807, 2.05) is 18.2 Å². The predicted molar refractivity (Wildman–Crippen MR) is 109 cm³/mol. The standard InChI is InChI=1S/C22H25NO4S/c1-15(12-19(24)21-6-5-18(14-23)27-21)28-22(13-17-7-10-25-11-8-17)16(2)20-4-3-9-26-20/h3-5,9,17,21H,1,6-8,10-13H2,2H3/b22-16+. The van der Waals surface area contributed by atoms with Crippen LogP contribution in [0.3, 0.4) is 0 Å². The maximum atomic E-state index is 12.5. The summed E-state index contributed by atoms with van der Waals surface area (Å²) in [4.78, 5) is 14.5. The highest BCUT2D eigenvalue weighted by Gasteiger charge is 2.26. The van der Waals surface area contributed by atoms with E-state index in [1.165, 1.54) is 4.91 Å². The van der Waals surface area contributed by atoms with Gasteiger partial charge in [-0.1, -0.05) is 18.3 Å². The predicted octanol–water partition coefficient (Wildman–Crippen LogP) is 5.23. The van der Waals surface area contributed by atoms with E-state index < -0.39 is 6.10 Å². The molecule has 1 saturated heterocycles. The van der Waals surface area contributed by atoms with Crippen LogP contribution < -0.4 is 0 Å². The Morgan fingerprint density at radius 2 is 2.18 bits per heavy atom. The van der Waals surface area contributed by atoms with E-state index in [-0.39, 0.29) is 18.0 Å².